The molecule has 0 fully saturated rings. The maximum Gasteiger partial charge on any atom is 0.251 e. The van der Waals surface area contributed by atoms with Crippen molar-refractivity contribution >= 4 is 0 Å². The molecule has 2 aromatic heterocycles. The van der Waals surface area contributed by atoms with E-state index in [0.717, 1.165) is 5.56 Å². The molecule has 6 nitrogen and oxygen atoms in total. The van der Waals surface area contributed by atoms with Gasteiger partial charge in [-0.15, -0.1) is 0 Å². The van der Waals surface area contributed by atoms with Crippen molar-refractivity contribution in [3.05, 3.63) is 46.6 Å². The van der Waals surface area contributed by atoms with E-state index >= 15 is 0 Å². The second-order valence-electron chi connectivity index (χ2n) is 4.00. The highest BCUT2D eigenvalue weighted by molar-refractivity contribution is 5.52. The van der Waals surface area contributed by atoms with Gasteiger partial charge >= 0.3 is 0 Å². The molecule has 0 spiro atoms. The number of hydrogen-bond donors (Lipinski definition) is 2. The van der Waals surface area contributed by atoms with Gasteiger partial charge in [0.2, 0.25) is 0 Å². The second-order valence-corrected chi connectivity index (χ2v) is 4.00. The zero-order valence-corrected chi connectivity index (χ0v) is 10.7. The Kier molecular flexibility index (Phi) is 4.77. The lowest BCUT2D eigenvalue weighted by atomic mass is 10.2. The molecule has 6 heteroatoms. The van der Waals surface area contributed by atoms with Gasteiger partial charge in [0.1, 0.15) is 5.82 Å². The van der Waals surface area contributed by atoms with E-state index in [1.54, 1.807) is 25.6 Å². The number of aromatic amines is 1. The average Bonchev–Trinajstić information content (AvgIpc) is 2.44. The standard InChI is InChI=1S/C13H16N4O2/c1-19-6-5-15-9-11-7-12(18)17-13(16-11)10-3-2-4-14-8-10/h2-4,7-8,15H,5-6,9H2,1H3,(H,16,17,18). The molecule has 0 unspecified atom stereocenters. The minimum atomic E-state index is -0.169. The zero-order valence-electron chi connectivity index (χ0n) is 10.7. The van der Waals surface area contributed by atoms with E-state index in [1.807, 2.05) is 6.07 Å². The molecule has 2 aromatic rings. The van der Waals surface area contributed by atoms with Crippen molar-refractivity contribution in [2.24, 2.45) is 0 Å². The summed E-state index contributed by atoms with van der Waals surface area (Å²) >= 11 is 0. The van der Waals surface area contributed by atoms with Crippen LogP contribution in [0.5, 0.6) is 0 Å². The summed E-state index contributed by atoms with van der Waals surface area (Å²) in [5.41, 5.74) is 1.31. The fraction of sp³-hybridized carbons (Fsp3) is 0.308. The second kappa shape index (κ2) is 6.77. The van der Waals surface area contributed by atoms with Crippen molar-refractivity contribution in [2.45, 2.75) is 6.54 Å². The topological polar surface area (TPSA) is 79.9 Å². The van der Waals surface area contributed by atoms with Crippen molar-refractivity contribution in [1.29, 1.82) is 0 Å². The molecule has 2 heterocycles. The van der Waals surface area contributed by atoms with E-state index in [-0.39, 0.29) is 5.56 Å². The van der Waals surface area contributed by atoms with Gasteiger partial charge in [0.15, 0.2) is 0 Å². The van der Waals surface area contributed by atoms with E-state index in [0.29, 0.717) is 31.2 Å². The molecule has 0 atom stereocenters. The van der Waals surface area contributed by atoms with E-state index in [9.17, 15) is 4.79 Å². The molecule has 0 aliphatic heterocycles. The maximum atomic E-state index is 11.6. The summed E-state index contributed by atoms with van der Waals surface area (Å²) in [4.78, 5) is 22.7. The molecule has 0 aromatic carbocycles. The van der Waals surface area contributed by atoms with Crippen LogP contribution in [0.2, 0.25) is 0 Å². The van der Waals surface area contributed by atoms with Crippen molar-refractivity contribution in [3.63, 3.8) is 0 Å². The lowest BCUT2D eigenvalue weighted by Gasteiger charge is -2.05. The van der Waals surface area contributed by atoms with E-state index < -0.39 is 0 Å². The Bertz CT molecular complexity index is 568. The van der Waals surface area contributed by atoms with Gasteiger partial charge in [0.05, 0.1) is 12.3 Å². The Hall–Kier alpha value is -2.05. The molecule has 0 amide bonds. The van der Waals surface area contributed by atoms with Gasteiger partial charge in [-0.3, -0.25) is 9.78 Å². The Morgan fingerprint density at radius 3 is 3.11 bits per heavy atom. The summed E-state index contributed by atoms with van der Waals surface area (Å²) in [6.07, 6.45) is 3.35. The minimum absolute atomic E-state index is 0.169. The van der Waals surface area contributed by atoms with Crippen LogP contribution in [-0.2, 0) is 11.3 Å². The van der Waals surface area contributed by atoms with Crippen molar-refractivity contribution in [3.8, 4) is 11.4 Å². The maximum absolute atomic E-state index is 11.6. The summed E-state index contributed by atoms with van der Waals surface area (Å²) in [6, 6.07) is 5.14. The number of aromatic nitrogens is 3. The third-order valence-electron chi connectivity index (χ3n) is 2.52. The van der Waals surface area contributed by atoms with Crippen molar-refractivity contribution in [1.82, 2.24) is 20.3 Å². The van der Waals surface area contributed by atoms with E-state index in [4.69, 9.17) is 4.74 Å². The van der Waals surface area contributed by atoms with Crippen LogP contribution in [0, 0.1) is 0 Å². The highest BCUT2D eigenvalue weighted by Crippen LogP contribution is 2.10. The lowest BCUT2D eigenvalue weighted by Crippen LogP contribution is -2.21. The van der Waals surface area contributed by atoms with Crippen molar-refractivity contribution in [2.75, 3.05) is 20.3 Å². The van der Waals surface area contributed by atoms with Gasteiger partial charge in [-0.1, -0.05) is 0 Å². The van der Waals surface area contributed by atoms with Crippen LogP contribution in [0.4, 0.5) is 0 Å². The van der Waals surface area contributed by atoms with E-state index in [1.165, 1.54) is 6.07 Å². The number of methoxy groups -OCH3 is 1. The molecule has 0 aliphatic carbocycles. The predicted molar refractivity (Wildman–Crippen MR) is 71.7 cm³/mol. The molecule has 19 heavy (non-hydrogen) atoms. The number of H-pyrrole nitrogens is 1. The smallest absolute Gasteiger partial charge is 0.251 e. The van der Waals surface area contributed by atoms with Gasteiger partial charge in [0, 0.05) is 44.2 Å². The van der Waals surface area contributed by atoms with Crippen molar-refractivity contribution < 1.29 is 4.74 Å². The number of nitrogens with one attached hydrogen (secondary N) is 2. The zero-order chi connectivity index (χ0) is 13.5. The number of nitrogens with zero attached hydrogens (tertiary/aromatic N) is 2. The highest BCUT2D eigenvalue weighted by Gasteiger charge is 2.03. The molecule has 0 radical (unpaired) electrons. The number of hydrogen-bond acceptors (Lipinski definition) is 5. The molecular formula is C13H16N4O2. The lowest BCUT2D eigenvalue weighted by molar-refractivity contribution is 0.199. The van der Waals surface area contributed by atoms with Gasteiger partial charge in [-0.25, -0.2) is 4.98 Å². The Balaban J connectivity index is 2.14. The van der Waals surface area contributed by atoms with Crippen LogP contribution in [-0.4, -0.2) is 35.2 Å². The molecule has 0 saturated heterocycles. The summed E-state index contributed by atoms with van der Waals surface area (Å²) in [7, 11) is 1.65. The first-order valence-electron chi connectivity index (χ1n) is 6.00. The molecule has 2 N–H and O–H groups in total. The Labute approximate surface area is 110 Å². The van der Waals surface area contributed by atoms with Crippen LogP contribution >= 0.6 is 0 Å². The van der Waals surface area contributed by atoms with Crippen LogP contribution in [0.25, 0.3) is 11.4 Å². The summed E-state index contributed by atoms with van der Waals surface area (Å²) in [6.45, 7) is 1.87. The number of pyridine rings is 1. The quantitative estimate of drug-likeness (QED) is 0.742. The predicted octanol–water partition coefficient (Wildman–Crippen LogP) is 0.568. The van der Waals surface area contributed by atoms with Crippen LogP contribution < -0.4 is 10.9 Å². The largest absolute Gasteiger partial charge is 0.383 e. The molecule has 100 valence electrons. The monoisotopic (exact) mass is 260 g/mol. The molecular weight excluding hydrogens is 244 g/mol. The van der Waals surface area contributed by atoms with Crippen LogP contribution in [0.1, 0.15) is 5.69 Å². The fourth-order valence-electron chi connectivity index (χ4n) is 1.63. The fourth-order valence-corrected chi connectivity index (χ4v) is 1.63. The first kappa shape index (κ1) is 13.4. The third-order valence-corrected chi connectivity index (χ3v) is 2.52. The summed E-state index contributed by atoms with van der Waals surface area (Å²) in [5.74, 6) is 0.532. The van der Waals surface area contributed by atoms with Gasteiger partial charge in [-0.2, -0.15) is 0 Å². The Morgan fingerprint density at radius 1 is 1.47 bits per heavy atom. The molecule has 0 saturated carbocycles. The summed E-state index contributed by atoms with van der Waals surface area (Å²) in [5, 5.41) is 3.15. The van der Waals surface area contributed by atoms with E-state index in [2.05, 4.69) is 20.3 Å². The van der Waals surface area contributed by atoms with Crippen LogP contribution in [0.3, 0.4) is 0 Å². The molecule has 0 aliphatic rings. The number of rotatable bonds is 6. The first-order valence-corrected chi connectivity index (χ1v) is 6.00. The Morgan fingerprint density at radius 2 is 2.37 bits per heavy atom. The minimum Gasteiger partial charge on any atom is -0.383 e. The van der Waals surface area contributed by atoms with Gasteiger partial charge in [0.25, 0.3) is 5.56 Å². The van der Waals surface area contributed by atoms with Gasteiger partial charge in [-0.05, 0) is 12.1 Å². The molecule has 2 rings (SSSR count). The SMILES string of the molecule is COCCNCc1cc(=O)[nH]c(-c2cccnc2)n1. The third kappa shape index (κ3) is 3.97. The summed E-state index contributed by atoms with van der Waals surface area (Å²) < 4.78 is 4.94. The first-order chi connectivity index (χ1) is 9.29. The number of ether oxygens (including phenoxy) is 1. The van der Waals surface area contributed by atoms with Gasteiger partial charge < -0.3 is 15.0 Å². The average molecular weight is 260 g/mol. The molecule has 0 bridgehead atoms. The van der Waals surface area contributed by atoms with Crippen LogP contribution in [0.15, 0.2) is 35.4 Å². The highest BCUT2D eigenvalue weighted by atomic mass is 16.5. The normalized spacial score (nSPS) is 10.6.